The second kappa shape index (κ2) is 6.31. The third-order valence-electron chi connectivity index (χ3n) is 4.78. The number of carbonyl (C=O) groups excluding carboxylic acids is 1. The summed E-state index contributed by atoms with van der Waals surface area (Å²) in [6, 6.07) is 12.8. The first kappa shape index (κ1) is 16.0. The van der Waals surface area contributed by atoms with Crippen molar-refractivity contribution in [2.45, 2.75) is 52.9 Å². The minimum Gasteiger partial charge on any atom is -0.294 e. The number of aryl methyl sites for hydroxylation is 3. The summed E-state index contributed by atoms with van der Waals surface area (Å²) in [4.78, 5) is 13.0. The lowest BCUT2D eigenvalue weighted by molar-refractivity contribution is 0.0966. The highest BCUT2D eigenvalue weighted by atomic mass is 16.1. The van der Waals surface area contributed by atoms with Crippen molar-refractivity contribution in [2.75, 3.05) is 0 Å². The average Bonchev–Trinajstić information content (AvgIpc) is 3.28. The van der Waals surface area contributed by atoms with E-state index in [9.17, 15) is 4.79 Å². The van der Waals surface area contributed by atoms with Crippen molar-refractivity contribution in [1.82, 2.24) is 0 Å². The molecule has 1 atom stereocenters. The van der Waals surface area contributed by atoms with Crippen molar-refractivity contribution in [1.29, 1.82) is 0 Å². The standard InChI is InChI=1S/C22H26O/c1-14-7-15(2)10-20(9-14)17(4)22(23)21-11-16(3)8-19(13-21)12-18-5-6-18/h7-11,13,17-18H,5-6,12H2,1-4H3. The minimum absolute atomic E-state index is 0.0934. The molecular weight excluding hydrogens is 280 g/mol. The van der Waals surface area contributed by atoms with E-state index in [0.717, 1.165) is 23.5 Å². The monoisotopic (exact) mass is 306 g/mol. The van der Waals surface area contributed by atoms with E-state index >= 15 is 0 Å². The maximum absolute atomic E-state index is 13.0. The summed E-state index contributed by atoms with van der Waals surface area (Å²) in [6.45, 7) is 8.30. The highest BCUT2D eigenvalue weighted by Crippen LogP contribution is 2.33. The predicted molar refractivity (Wildman–Crippen MR) is 96.3 cm³/mol. The van der Waals surface area contributed by atoms with Crippen LogP contribution in [-0.4, -0.2) is 5.78 Å². The van der Waals surface area contributed by atoms with Crippen LogP contribution >= 0.6 is 0 Å². The summed E-state index contributed by atoms with van der Waals surface area (Å²) < 4.78 is 0. The van der Waals surface area contributed by atoms with E-state index < -0.39 is 0 Å². The van der Waals surface area contributed by atoms with Gasteiger partial charge >= 0.3 is 0 Å². The van der Waals surface area contributed by atoms with Crippen molar-refractivity contribution in [3.05, 3.63) is 69.8 Å². The van der Waals surface area contributed by atoms with Gasteiger partial charge in [0.1, 0.15) is 0 Å². The molecule has 0 saturated heterocycles. The van der Waals surface area contributed by atoms with Gasteiger partial charge in [0.2, 0.25) is 0 Å². The van der Waals surface area contributed by atoms with Crippen LogP contribution in [0, 0.1) is 26.7 Å². The molecule has 0 spiro atoms. The number of benzene rings is 2. The molecule has 0 heterocycles. The van der Waals surface area contributed by atoms with Gasteiger partial charge in [-0.3, -0.25) is 4.79 Å². The molecule has 0 aliphatic heterocycles. The lowest BCUT2D eigenvalue weighted by Gasteiger charge is -2.14. The van der Waals surface area contributed by atoms with E-state index in [1.165, 1.54) is 35.1 Å². The summed E-state index contributed by atoms with van der Waals surface area (Å²) in [6.07, 6.45) is 3.81. The summed E-state index contributed by atoms with van der Waals surface area (Å²) in [5, 5.41) is 0. The van der Waals surface area contributed by atoms with Crippen LogP contribution in [-0.2, 0) is 6.42 Å². The zero-order valence-electron chi connectivity index (χ0n) is 14.6. The molecule has 0 radical (unpaired) electrons. The van der Waals surface area contributed by atoms with Gasteiger partial charge in [0, 0.05) is 11.5 Å². The Morgan fingerprint density at radius 2 is 1.57 bits per heavy atom. The molecule has 2 aromatic carbocycles. The molecule has 1 heteroatoms. The summed E-state index contributed by atoms with van der Waals surface area (Å²) >= 11 is 0. The molecule has 1 aliphatic carbocycles. The quantitative estimate of drug-likeness (QED) is 0.662. The molecule has 1 unspecified atom stereocenters. The molecule has 2 aromatic rings. The highest BCUT2D eigenvalue weighted by Gasteiger charge is 2.23. The van der Waals surface area contributed by atoms with Crippen LogP contribution < -0.4 is 0 Å². The molecule has 1 saturated carbocycles. The number of rotatable bonds is 5. The first-order chi connectivity index (χ1) is 10.9. The van der Waals surface area contributed by atoms with Gasteiger partial charge < -0.3 is 0 Å². The van der Waals surface area contributed by atoms with Gasteiger partial charge in [-0.15, -0.1) is 0 Å². The molecule has 1 nitrogen and oxygen atoms in total. The predicted octanol–water partition coefficient (Wildman–Crippen LogP) is 5.55. The van der Waals surface area contributed by atoms with Crippen molar-refractivity contribution < 1.29 is 4.79 Å². The third kappa shape index (κ3) is 3.90. The van der Waals surface area contributed by atoms with Crippen molar-refractivity contribution in [3.8, 4) is 0 Å². The number of hydrogen-bond donors (Lipinski definition) is 0. The topological polar surface area (TPSA) is 17.1 Å². The average molecular weight is 306 g/mol. The van der Waals surface area contributed by atoms with Crippen LogP contribution in [0.4, 0.5) is 0 Å². The summed E-state index contributed by atoms with van der Waals surface area (Å²) in [5.41, 5.74) is 6.95. The summed E-state index contributed by atoms with van der Waals surface area (Å²) in [5.74, 6) is 0.983. The van der Waals surface area contributed by atoms with Gasteiger partial charge in [0.05, 0.1) is 0 Å². The fourth-order valence-corrected chi connectivity index (χ4v) is 3.44. The first-order valence-corrected chi connectivity index (χ1v) is 8.65. The molecular formula is C22H26O. The van der Waals surface area contributed by atoms with Gasteiger partial charge in [0.15, 0.2) is 5.78 Å². The van der Waals surface area contributed by atoms with Crippen molar-refractivity contribution in [3.63, 3.8) is 0 Å². The number of hydrogen-bond acceptors (Lipinski definition) is 1. The Morgan fingerprint density at radius 3 is 2.17 bits per heavy atom. The van der Waals surface area contributed by atoms with Gasteiger partial charge in [-0.05, 0) is 69.2 Å². The SMILES string of the molecule is Cc1cc(CC2CC2)cc(C(=O)C(C)c2cc(C)cc(C)c2)c1. The normalized spacial score (nSPS) is 15.5. The lowest BCUT2D eigenvalue weighted by atomic mass is 9.89. The molecule has 1 aliphatic rings. The lowest BCUT2D eigenvalue weighted by Crippen LogP contribution is -2.11. The zero-order chi connectivity index (χ0) is 16.6. The van der Waals surface area contributed by atoms with E-state index in [1.54, 1.807) is 0 Å². The van der Waals surface area contributed by atoms with Crippen molar-refractivity contribution in [2.24, 2.45) is 5.92 Å². The maximum atomic E-state index is 13.0. The molecule has 23 heavy (non-hydrogen) atoms. The van der Waals surface area contributed by atoms with Gasteiger partial charge in [-0.1, -0.05) is 47.9 Å². The highest BCUT2D eigenvalue weighted by molar-refractivity contribution is 6.01. The van der Waals surface area contributed by atoms with Gasteiger partial charge in [0.25, 0.3) is 0 Å². The van der Waals surface area contributed by atoms with Crippen LogP contribution in [0.25, 0.3) is 0 Å². The maximum Gasteiger partial charge on any atom is 0.170 e. The van der Waals surface area contributed by atoms with Gasteiger partial charge in [-0.2, -0.15) is 0 Å². The Morgan fingerprint density at radius 1 is 0.957 bits per heavy atom. The molecule has 1 fully saturated rings. The first-order valence-electron chi connectivity index (χ1n) is 8.65. The van der Waals surface area contributed by atoms with E-state index in [-0.39, 0.29) is 11.7 Å². The Hall–Kier alpha value is -1.89. The van der Waals surface area contributed by atoms with Crippen LogP contribution in [0.1, 0.15) is 63.9 Å². The Bertz CT molecular complexity index is 717. The smallest absolute Gasteiger partial charge is 0.170 e. The molecule has 0 N–H and O–H groups in total. The van der Waals surface area contributed by atoms with Crippen molar-refractivity contribution >= 4 is 5.78 Å². The molecule has 120 valence electrons. The third-order valence-corrected chi connectivity index (χ3v) is 4.78. The van der Waals surface area contributed by atoms with Crippen LogP contribution in [0.3, 0.4) is 0 Å². The second-order valence-corrected chi connectivity index (χ2v) is 7.36. The zero-order valence-corrected chi connectivity index (χ0v) is 14.6. The van der Waals surface area contributed by atoms with Crippen LogP contribution in [0.5, 0.6) is 0 Å². The fourth-order valence-electron chi connectivity index (χ4n) is 3.44. The largest absolute Gasteiger partial charge is 0.294 e. The molecule has 0 bridgehead atoms. The molecule has 0 aromatic heterocycles. The Kier molecular flexibility index (Phi) is 4.39. The minimum atomic E-state index is -0.0934. The fraction of sp³-hybridized carbons (Fsp3) is 0.409. The Labute approximate surface area is 139 Å². The second-order valence-electron chi connectivity index (χ2n) is 7.36. The molecule has 0 amide bonds. The van der Waals surface area contributed by atoms with E-state index in [1.807, 2.05) is 13.0 Å². The van der Waals surface area contributed by atoms with Crippen LogP contribution in [0.15, 0.2) is 36.4 Å². The van der Waals surface area contributed by atoms with Gasteiger partial charge in [-0.25, -0.2) is 0 Å². The number of carbonyl (C=O) groups is 1. The van der Waals surface area contributed by atoms with Crippen LogP contribution in [0.2, 0.25) is 0 Å². The number of ketones is 1. The van der Waals surface area contributed by atoms with E-state index in [0.29, 0.717) is 0 Å². The molecule has 3 rings (SSSR count). The Balaban J connectivity index is 1.87. The summed E-state index contributed by atoms with van der Waals surface area (Å²) in [7, 11) is 0. The number of Topliss-reactive ketones (excluding diaryl/α,β-unsaturated/α-hetero) is 1. The van der Waals surface area contributed by atoms with E-state index in [4.69, 9.17) is 0 Å². The van der Waals surface area contributed by atoms with E-state index in [2.05, 4.69) is 51.1 Å².